The highest BCUT2D eigenvalue weighted by Gasteiger charge is 2.19. The van der Waals surface area contributed by atoms with E-state index in [4.69, 9.17) is 28.4 Å². The Morgan fingerprint density at radius 1 is 0.315 bits per heavy atom. The summed E-state index contributed by atoms with van der Waals surface area (Å²) >= 11 is 0. The van der Waals surface area contributed by atoms with Crippen LogP contribution < -0.4 is 10.6 Å². The predicted molar refractivity (Wildman–Crippen MR) is 305 cm³/mol. The van der Waals surface area contributed by atoms with Crippen LogP contribution in [0.3, 0.4) is 0 Å². The molecular formula is C60H125N3O10. The molecule has 13 nitrogen and oxygen atoms in total. The average Bonchev–Trinajstić information content (AvgIpc) is 3.37. The van der Waals surface area contributed by atoms with E-state index in [0.717, 1.165) is 45.3 Å². The Bertz CT molecular complexity index is 1070. The summed E-state index contributed by atoms with van der Waals surface area (Å²) in [6, 6.07) is 0. The summed E-state index contributed by atoms with van der Waals surface area (Å²) in [6.07, 6.45) is 35.6. The Labute approximate surface area is 451 Å². The second kappa shape index (κ2) is 56.2. The zero-order valence-electron chi connectivity index (χ0n) is 49.1. The zero-order chi connectivity index (χ0) is 53.7. The highest BCUT2D eigenvalue weighted by atomic mass is 16.6. The summed E-state index contributed by atoms with van der Waals surface area (Å²) in [7, 11) is 0. The molecule has 0 spiro atoms. The molecule has 0 saturated carbocycles. The Morgan fingerprint density at radius 2 is 0.589 bits per heavy atom. The number of nitrogens with zero attached hydrogens (tertiary/aromatic N) is 1. The molecule has 0 saturated heterocycles. The van der Waals surface area contributed by atoms with Crippen molar-refractivity contribution < 1.29 is 48.8 Å². The number of ether oxygens (including phenoxy) is 6. The van der Waals surface area contributed by atoms with Crippen molar-refractivity contribution in [2.75, 3.05) is 98.7 Å². The van der Waals surface area contributed by atoms with Gasteiger partial charge in [0.15, 0.2) is 0 Å². The fourth-order valence-electron chi connectivity index (χ4n) is 8.99. The van der Waals surface area contributed by atoms with Crippen LogP contribution in [0.1, 0.15) is 241 Å². The van der Waals surface area contributed by atoms with Crippen molar-refractivity contribution in [1.82, 2.24) is 15.5 Å². The van der Waals surface area contributed by atoms with Crippen LogP contribution in [0.25, 0.3) is 0 Å². The van der Waals surface area contributed by atoms with Crippen LogP contribution in [-0.2, 0) is 28.4 Å². The molecule has 73 heavy (non-hydrogen) atoms. The van der Waals surface area contributed by atoms with E-state index in [1.165, 1.54) is 167 Å². The van der Waals surface area contributed by atoms with Crippen molar-refractivity contribution in [1.29, 1.82) is 0 Å². The summed E-state index contributed by atoms with van der Waals surface area (Å²) in [5, 5.41) is 49.6. The van der Waals surface area contributed by atoms with Crippen LogP contribution >= 0.6 is 0 Å². The van der Waals surface area contributed by atoms with Crippen molar-refractivity contribution in [3.63, 3.8) is 0 Å². The molecule has 440 valence electrons. The predicted octanol–water partition coefficient (Wildman–Crippen LogP) is 11.3. The second-order valence-electron chi connectivity index (χ2n) is 22.0. The molecule has 0 aromatic rings. The van der Waals surface area contributed by atoms with Crippen LogP contribution in [0.5, 0.6) is 0 Å². The Kier molecular flexibility index (Phi) is 55.8. The van der Waals surface area contributed by atoms with E-state index in [1.807, 2.05) is 27.7 Å². The molecule has 8 atom stereocenters. The van der Waals surface area contributed by atoms with E-state index in [9.17, 15) is 20.4 Å². The van der Waals surface area contributed by atoms with Gasteiger partial charge in [-0.15, -0.1) is 0 Å². The first-order chi connectivity index (χ1) is 35.5. The summed E-state index contributed by atoms with van der Waals surface area (Å²) in [6.45, 7) is 21.4. The number of unbranched alkanes of at least 4 members (excludes halogenated alkanes) is 27. The molecule has 0 fully saturated rings. The standard InChI is InChI=1S/C60H125N3O10/c1-8-11-14-17-20-23-26-29-32-35-38-61-41-57(64)49-68-45-53(4)71-48-56(7)73-52-60(67)44-63(40-37-34-31-28-25-22-19-16-13-10-3)43-59(66)50-69-46-54(5)70-47-55(6)72-51-58(65)42-62-39-36-33-30-27-24-21-18-15-12-9-2/h53-62,64-67H,8-52H2,1-7H3. The molecule has 0 amide bonds. The van der Waals surface area contributed by atoms with Gasteiger partial charge in [0.25, 0.3) is 0 Å². The molecule has 0 aliphatic heterocycles. The highest BCUT2D eigenvalue weighted by Crippen LogP contribution is 2.14. The lowest BCUT2D eigenvalue weighted by Gasteiger charge is -2.28. The van der Waals surface area contributed by atoms with Gasteiger partial charge in [-0.2, -0.15) is 0 Å². The van der Waals surface area contributed by atoms with E-state index in [-0.39, 0.29) is 50.8 Å². The first kappa shape index (κ1) is 72.5. The second-order valence-corrected chi connectivity index (χ2v) is 22.0. The van der Waals surface area contributed by atoms with Gasteiger partial charge in [0, 0.05) is 26.2 Å². The highest BCUT2D eigenvalue weighted by molar-refractivity contribution is 4.71. The lowest BCUT2D eigenvalue weighted by atomic mass is 10.1. The summed E-state index contributed by atoms with van der Waals surface area (Å²) in [5.74, 6) is 0. The van der Waals surface area contributed by atoms with Gasteiger partial charge in [0.05, 0.1) is 102 Å². The maximum Gasteiger partial charge on any atom is 0.0900 e. The number of hydrogen-bond acceptors (Lipinski definition) is 13. The molecular weight excluding hydrogens is 923 g/mol. The van der Waals surface area contributed by atoms with E-state index in [1.54, 1.807) is 0 Å². The van der Waals surface area contributed by atoms with Crippen molar-refractivity contribution in [2.45, 2.75) is 290 Å². The minimum atomic E-state index is -0.718. The van der Waals surface area contributed by atoms with Crippen molar-refractivity contribution in [2.24, 2.45) is 0 Å². The summed E-state index contributed by atoms with van der Waals surface area (Å²) < 4.78 is 35.4. The molecule has 8 unspecified atom stereocenters. The quantitative estimate of drug-likeness (QED) is 0.0319. The minimum Gasteiger partial charge on any atom is -0.389 e. The maximum atomic E-state index is 11.1. The molecule has 6 N–H and O–H groups in total. The van der Waals surface area contributed by atoms with Gasteiger partial charge in [0.2, 0.25) is 0 Å². The third-order valence-electron chi connectivity index (χ3n) is 13.6. The van der Waals surface area contributed by atoms with Crippen LogP contribution in [0.2, 0.25) is 0 Å². The minimum absolute atomic E-state index is 0.156. The number of nitrogens with one attached hydrogen (secondary N) is 2. The third kappa shape index (κ3) is 54.6. The van der Waals surface area contributed by atoms with Gasteiger partial charge in [-0.05, 0) is 66.6 Å². The van der Waals surface area contributed by atoms with Gasteiger partial charge in [-0.1, -0.05) is 194 Å². The molecule has 0 rings (SSSR count). The van der Waals surface area contributed by atoms with Crippen molar-refractivity contribution >= 4 is 0 Å². The summed E-state index contributed by atoms with van der Waals surface area (Å²) in [4.78, 5) is 2.14. The molecule has 0 aliphatic carbocycles. The molecule has 0 aliphatic rings. The SMILES string of the molecule is CCCCCCCCCCCCNCC(O)COCC(C)OCC(C)OCC(O)CN(CCCCCCCCCCCC)CC(O)COCC(C)OCC(C)OCC(O)CNCCCCCCCCCCCC. The average molecular weight is 1050 g/mol. The first-order valence-corrected chi connectivity index (χ1v) is 31.0. The molecule has 0 radical (unpaired) electrons. The van der Waals surface area contributed by atoms with Crippen LogP contribution in [0, 0.1) is 0 Å². The lowest BCUT2D eigenvalue weighted by molar-refractivity contribution is -0.0842. The molecule has 0 bridgehead atoms. The fraction of sp³-hybridized carbons (Fsp3) is 1.00. The molecule has 0 aromatic heterocycles. The van der Waals surface area contributed by atoms with Gasteiger partial charge in [0.1, 0.15) is 0 Å². The fourth-order valence-corrected chi connectivity index (χ4v) is 8.99. The Balaban J connectivity index is 4.44. The van der Waals surface area contributed by atoms with E-state index in [0.29, 0.717) is 52.6 Å². The van der Waals surface area contributed by atoms with Gasteiger partial charge in [-0.25, -0.2) is 0 Å². The smallest absolute Gasteiger partial charge is 0.0900 e. The van der Waals surface area contributed by atoms with Crippen molar-refractivity contribution in [3.8, 4) is 0 Å². The van der Waals surface area contributed by atoms with Crippen LogP contribution in [0.15, 0.2) is 0 Å². The largest absolute Gasteiger partial charge is 0.389 e. The zero-order valence-corrected chi connectivity index (χ0v) is 49.1. The van der Waals surface area contributed by atoms with E-state index >= 15 is 0 Å². The monoisotopic (exact) mass is 1050 g/mol. The van der Waals surface area contributed by atoms with E-state index in [2.05, 4.69) is 36.3 Å². The Morgan fingerprint density at radius 3 is 0.973 bits per heavy atom. The topological polar surface area (TPSA) is 164 Å². The lowest BCUT2D eigenvalue weighted by Crippen LogP contribution is -2.42. The van der Waals surface area contributed by atoms with Gasteiger partial charge in [-0.3, -0.25) is 4.90 Å². The molecule has 0 aromatic carbocycles. The molecule has 0 heterocycles. The van der Waals surface area contributed by atoms with Gasteiger partial charge < -0.3 is 59.5 Å². The van der Waals surface area contributed by atoms with Crippen molar-refractivity contribution in [3.05, 3.63) is 0 Å². The van der Waals surface area contributed by atoms with Gasteiger partial charge >= 0.3 is 0 Å². The number of aliphatic hydroxyl groups is 4. The van der Waals surface area contributed by atoms with Crippen LogP contribution in [-0.4, -0.2) is 173 Å². The maximum absolute atomic E-state index is 11.1. The Hall–Kier alpha value is -0.520. The number of rotatable bonds is 61. The molecule has 13 heteroatoms. The number of aliphatic hydroxyl groups excluding tert-OH is 4. The third-order valence-corrected chi connectivity index (χ3v) is 13.6. The first-order valence-electron chi connectivity index (χ1n) is 31.0. The number of hydrogen-bond donors (Lipinski definition) is 6. The normalized spacial score (nSPS) is 15.5. The van der Waals surface area contributed by atoms with Crippen LogP contribution in [0.4, 0.5) is 0 Å². The van der Waals surface area contributed by atoms with E-state index < -0.39 is 24.4 Å². The summed E-state index contributed by atoms with van der Waals surface area (Å²) in [5.41, 5.74) is 0.